The van der Waals surface area contributed by atoms with Gasteiger partial charge in [0, 0.05) is 6.04 Å². The molecule has 0 bridgehead atoms. The lowest BCUT2D eigenvalue weighted by Crippen LogP contribution is -2.34. The summed E-state index contributed by atoms with van der Waals surface area (Å²) >= 11 is 0. The topological polar surface area (TPSA) is 12.0 Å². The van der Waals surface area contributed by atoms with Crippen LogP contribution in [-0.2, 0) is 0 Å². The van der Waals surface area contributed by atoms with E-state index in [1.807, 2.05) is 0 Å². The van der Waals surface area contributed by atoms with Gasteiger partial charge in [-0.05, 0) is 38.6 Å². The van der Waals surface area contributed by atoms with Crippen LogP contribution in [0, 0.1) is 5.92 Å². The Balaban J connectivity index is 2.22. The smallest absolute Gasteiger partial charge is 0.00928 e. The van der Waals surface area contributed by atoms with Gasteiger partial charge >= 0.3 is 0 Å². The first-order chi connectivity index (χ1) is 6.70. The second kappa shape index (κ2) is 6.23. The third-order valence-corrected chi connectivity index (χ3v) is 3.32. The van der Waals surface area contributed by atoms with Crippen LogP contribution in [0.1, 0.15) is 52.4 Å². The van der Waals surface area contributed by atoms with E-state index < -0.39 is 0 Å². The molecule has 14 heavy (non-hydrogen) atoms. The van der Waals surface area contributed by atoms with E-state index in [4.69, 9.17) is 0 Å². The maximum absolute atomic E-state index is 3.94. The minimum Gasteiger partial charge on any atom is -0.313 e. The Morgan fingerprint density at radius 1 is 1.29 bits per heavy atom. The SMILES string of the molecule is C=C(C)CCNC1CCCCCC1C. The number of hydrogen-bond donors (Lipinski definition) is 1. The minimum absolute atomic E-state index is 0.761. The van der Waals surface area contributed by atoms with E-state index in [0.717, 1.165) is 24.9 Å². The maximum atomic E-state index is 3.94. The molecule has 0 radical (unpaired) electrons. The molecule has 1 nitrogen and oxygen atoms in total. The van der Waals surface area contributed by atoms with E-state index in [0.29, 0.717) is 0 Å². The van der Waals surface area contributed by atoms with Gasteiger partial charge < -0.3 is 5.32 Å². The largest absolute Gasteiger partial charge is 0.313 e. The second-order valence-electron chi connectivity index (χ2n) is 4.88. The lowest BCUT2D eigenvalue weighted by atomic mass is 9.97. The highest BCUT2D eigenvalue weighted by Crippen LogP contribution is 2.22. The van der Waals surface area contributed by atoms with Crippen molar-refractivity contribution in [2.24, 2.45) is 5.92 Å². The van der Waals surface area contributed by atoms with Crippen molar-refractivity contribution >= 4 is 0 Å². The fraction of sp³-hybridized carbons (Fsp3) is 0.846. The summed E-state index contributed by atoms with van der Waals surface area (Å²) in [6.07, 6.45) is 8.18. The van der Waals surface area contributed by atoms with Gasteiger partial charge in [0.05, 0.1) is 0 Å². The zero-order chi connectivity index (χ0) is 10.4. The molecule has 0 heterocycles. The van der Waals surface area contributed by atoms with Gasteiger partial charge in [0.1, 0.15) is 0 Å². The molecule has 0 aliphatic heterocycles. The maximum Gasteiger partial charge on any atom is 0.00928 e. The quantitative estimate of drug-likeness (QED) is 0.534. The first-order valence-corrected chi connectivity index (χ1v) is 6.08. The summed E-state index contributed by atoms with van der Waals surface area (Å²) in [4.78, 5) is 0. The van der Waals surface area contributed by atoms with Gasteiger partial charge in [0.2, 0.25) is 0 Å². The predicted octanol–water partition coefficient (Wildman–Crippen LogP) is 3.51. The van der Waals surface area contributed by atoms with E-state index in [9.17, 15) is 0 Å². The van der Waals surface area contributed by atoms with Crippen molar-refractivity contribution in [3.63, 3.8) is 0 Å². The Morgan fingerprint density at radius 2 is 2.00 bits per heavy atom. The highest BCUT2D eigenvalue weighted by atomic mass is 14.9. The molecule has 0 aromatic rings. The average Bonchev–Trinajstić information content (AvgIpc) is 2.31. The summed E-state index contributed by atoms with van der Waals surface area (Å²) in [5.74, 6) is 0.864. The number of rotatable bonds is 4. The predicted molar refractivity (Wildman–Crippen MR) is 63.5 cm³/mol. The normalized spacial score (nSPS) is 28.4. The summed E-state index contributed by atoms with van der Waals surface area (Å²) in [6.45, 7) is 9.55. The van der Waals surface area contributed by atoms with Gasteiger partial charge in [-0.1, -0.05) is 31.8 Å². The van der Waals surface area contributed by atoms with Gasteiger partial charge in [-0.15, -0.1) is 6.58 Å². The van der Waals surface area contributed by atoms with Crippen molar-refractivity contribution in [1.82, 2.24) is 5.32 Å². The highest BCUT2D eigenvalue weighted by molar-refractivity contribution is 4.89. The summed E-state index contributed by atoms with van der Waals surface area (Å²) in [5.41, 5.74) is 1.29. The molecule has 1 rings (SSSR count). The molecule has 1 saturated carbocycles. The van der Waals surface area contributed by atoms with Crippen molar-refractivity contribution in [3.05, 3.63) is 12.2 Å². The number of nitrogens with one attached hydrogen (secondary N) is 1. The second-order valence-corrected chi connectivity index (χ2v) is 4.88. The Kier molecular flexibility index (Phi) is 5.24. The van der Waals surface area contributed by atoms with Crippen molar-refractivity contribution in [2.75, 3.05) is 6.54 Å². The zero-order valence-corrected chi connectivity index (χ0v) is 9.81. The van der Waals surface area contributed by atoms with Gasteiger partial charge in [-0.3, -0.25) is 0 Å². The average molecular weight is 195 g/mol. The lowest BCUT2D eigenvalue weighted by Gasteiger charge is -2.22. The van der Waals surface area contributed by atoms with Crippen LogP contribution in [0.2, 0.25) is 0 Å². The van der Waals surface area contributed by atoms with Crippen LogP contribution >= 0.6 is 0 Å². The Hall–Kier alpha value is -0.300. The fourth-order valence-corrected chi connectivity index (χ4v) is 2.27. The molecule has 1 heteroatoms. The molecule has 1 fully saturated rings. The van der Waals surface area contributed by atoms with Crippen LogP contribution in [-0.4, -0.2) is 12.6 Å². The van der Waals surface area contributed by atoms with Crippen LogP contribution in [0.3, 0.4) is 0 Å². The molecule has 2 unspecified atom stereocenters. The molecular formula is C13H25N. The van der Waals surface area contributed by atoms with Crippen LogP contribution < -0.4 is 5.32 Å². The third kappa shape index (κ3) is 4.28. The first-order valence-electron chi connectivity index (χ1n) is 6.08. The van der Waals surface area contributed by atoms with Gasteiger partial charge in [0.15, 0.2) is 0 Å². The van der Waals surface area contributed by atoms with E-state index in [1.165, 1.54) is 37.7 Å². The summed E-state index contributed by atoms with van der Waals surface area (Å²) in [7, 11) is 0. The molecule has 0 aromatic heterocycles. The molecule has 0 saturated heterocycles. The van der Waals surface area contributed by atoms with Gasteiger partial charge in [-0.2, -0.15) is 0 Å². The van der Waals surface area contributed by atoms with E-state index in [2.05, 4.69) is 25.7 Å². The summed E-state index contributed by atoms with van der Waals surface area (Å²) in [6, 6.07) is 0.761. The van der Waals surface area contributed by atoms with Gasteiger partial charge in [0.25, 0.3) is 0 Å². The van der Waals surface area contributed by atoms with Crippen LogP contribution in [0.4, 0.5) is 0 Å². The number of hydrogen-bond acceptors (Lipinski definition) is 1. The first kappa shape index (κ1) is 11.8. The molecule has 82 valence electrons. The van der Waals surface area contributed by atoms with E-state index >= 15 is 0 Å². The van der Waals surface area contributed by atoms with Crippen molar-refractivity contribution < 1.29 is 0 Å². The fourth-order valence-electron chi connectivity index (χ4n) is 2.27. The van der Waals surface area contributed by atoms with Crippen molar-refractivity contribution in [3.8, 4) is 0 Å². The van der Waals surface area contributed by atoms with Crippen LogP contribution in [0.15, 0.2) is 12.2 Å². The third-order valence-electron chi connectivity index (χ3n) is 3.32. The molecule has 1 aliphatic rings. The molecular weight excluding hydrogens is 170 g/mol. The van der Waals surface area contributed by atoms with Crippen molar-refractivity contribution in [1.29, 1.82) is 0 Å². The Labute approximate surface area is 89.0 Å². The van der Waals surface area contributed by atoms with Gasteiger partial charge in [-0.25, -0.2) is 0 Å². The van der Waals surface area contributed by atoms with Crippen LogP contribution in [0.25, 0.3) is 0 Å². The highest BCUT2D eigenvalue weighted by Gasteiger charge is 2.18. The standard InChI is InChI=1S/C13H25N/c1-11(2)9-10-14-13-8-6-4-5-7-12(13)3/h12-14H,1,4-10H2,2-3H3. The van der Waals surface area contributed by atoms with Crippen molar-refractivity contribution in [2.45, 2.75) is 58.4 Å². The Bertz CT molecular complexity index is 174. The van der Waals surface area contributed by atoms with Crippen LogP contribution in [0.5, 0.6) is 0 Å². The molecule has 0 aromatic carbocycles. The van der Waals surface area contributed by atoms with E-state index in [-0.39, 0.29) is 0 Å². The molecule has 1 N–H and O–H groups in total. The lowest BCUT2D eigenvalue weighted by molar-refractivity contribution is 0.359. The monoisotopic (exact) mass is 195 g/mol. The molecule has 2 atom stereocenters. The minimum atomic E-state index is 0.761. The summed E-state index contributed by atoms with van der Waals surface area (Å²) in [5, 5.41) is 3.68. The van der Waals surface area contributed by atoms with E-state index in [1.54, 1.807) is 0 Å². The molecule has 0 amide bonds. The zero-order valence-electron chi connectivity index (χ0n) is 9.81. The molecule has 0 spiro atoms. The summed E-state index contributed by atoms with van der Waals surface area (Å²) < 4.78 is 0. The molecule has 1 aliphatic carbocycles. The Morgan fingerprint density at radius 3 is 2.71 bits per heavy atom.